The largest absolute Gasteiger partial charge is 0.439 e. The van der Waals surface area contributed by atoms with Crippen LogP contribution in [-0.4, -0.2) is 4.98 Å². The van der Waals surface area contributed by atoms with Crippen LogP contribution in [0.3, 0.4) is 0 Å². The second-order valence-corrected chi connectivity index (χ2v) is 5.90. The van der Waals surface area contributed by atoms with Gasteiger partial charge in [0.25, 0.3) is 0 Å². The predicted octanol–water partition coefficient (Wildman–Crippen LogP) is 5.55. The Morgan fingerprint density at radius 1 is 0.789 bits per heavy atom. The molecule has 94 valence electrons. The van der Waals surface area contributed by atoms with Gasteiger partial charge >= 0.3 is 0 Å². The van der Waals surface area contributed by atoms with E-state index < -0.39 is 0 Å². The topological polar surface area (TPSA) is 22.1 Å². The van der Waals surface area contributed by atoms with Gasteiger partial charge in [-0.15, -0.1) is 0 Å². The van der Waals surface area contributed by atoms with E-state index in [1.165, 1.54) is 5.39 Å². The van der Waals surface area contributed by atoms with Crippen LogP contribution in [0.5, 0.6) is 11.6 Å². The number of hydrogen-bond acceptors (Lipinski definition) is 2. The van der Waals surface area contributed by atoms with Crippen LogP contribution in [0.1, 0.15) is 0 Å². The first-order valence-corrected chi connectivity index (χ1v) is 7.28. The third-order valence-electron chi connectivity index (χ3n) is 2.70. The monoisotopic (exact) mass is 377 g/mol. The van der Waals surface area contributed by atoms with Crippen molar-refractivity contribution in [2.24, 2.45) is 0 Å². The molecule has 0 fully saturated rings. The van der Waals surface area contributed by atoms with Crippen molar-refractivity contribution in [2.45, 2.75) is 0 Å². The fourth-order valence-corrected chi connectivity index (χ4v) is 2.41. The highest BCUT2D eigenvalue weighted by atomic mass is 79.9. The second kappa shape index (κ2) is 5.31. The van der Waals surface area contributed by atoms with Crippen LogP contribution in [0.2, 0.25) is 0 Å². The molecule has 0 amide bonds. The van der Waals surface area contributed by atoms with E-state index in [-0.39, 0.29) is 0 Å². The molecule has 2 nitrogen and oxygen atoms in total. The number of nitrogens with zero attached hydrogens (tertiary/aromatic N) is 1. The molecule has 1 heterocycles. The minimum Gasteiger partial charge on any atom is -0.439 e. The summed E-state index contributed by atoms with van der Waals surface area (Å²) in [7, 11) is 0. The van der Waals surface area contributed by atoms with Gasteiger partial charge in [-0.1, -0.05) is 28.1 Å². The van der Waals surface area contributed by atoms with Crippen molar-refractivity contribution in [1.82, 2.24) is 4.98 Å². The number of rotatable bonds is 2. The number of pyridine rings is 1. The Balaban J connectivity index is 1.93. The summed E-state index contributed by atoms with van der Waals surface area (Å²) in [6.45, 7) is 0. The zero-order chi connectivity index (χ0) is 13.2. The molecule has 0 saturated carbocycles. The van der Waals surface area contributed by atoms with Crippen LogP contribution in [0.4, 0.5) is 0 Å². The van der Waals surface area contributed by atoms with Gasteiger partial charge in [0.2, 0.25) is 5.88 Å². The highest BCUT2D eigenvalue weighted by Gasteiger charge is 2.01. The van der Waals surface area contributed by atoms with Gasteiger partial charge in [-0.3, -0.25) is 0 Å². The summed E-state index contributed by atoms with van der Waals surface area (Å²) in [6, 6.07) is 15.9. The lowest BCUT2D eigenvalue weighted by Gasteiger charge is -2.06. The highest BCUT2D eigenvalue weighted by Crippen LogP contribution is 2.27. The fourth-order valence-electron chi connectivity index (χ4n) is 1.80. The minimum absolute atomic E-state index is 0.583. The van der Waals surface area contributed by atoms with E-state index in [4.69, 9.17) is 4.74 Å². The molecule has 0 aliphatic rings. The molecule has 3 aromatic rings. The molecule has 0 unspecified atom stereocenters. The normalized spacial score (nSPS) is 10.6. The molecule has 0 radical (unpaired) electrons. The third kappa shape index (κ3) is 2.96. The van der Waals surface area contributed by atoms with Crippen LogP contribution in [0.25, 0.3) is 10.8 Å². The average molecular weight is 379 g/mol. The Labute approximate surface area is 127 Å². The predicted molar refractivity (Wildman–Crippen MR) is 83.7 cm³/mol. The zero-order valence-corrected chi connectivity index (χ0v) is 13.0. The summed E-state index contributed by atoms with van der Waals surface area (Å²) < 4.78 is 7.73. The standard InChI is InChI=1S/C15H9Br2NO/c16-12-3-1-11-8-14(5-2-10(11)7-12)19-15-6-4-13(17)9-18-15/h1-9H. The fraction of sp³-hybridized carbons (Fsp3) is 0. The average Bonchev–Trinajstić information content (AvgIpc) is 2.42. The Hall–Kier alpha value is -1.39. The molecule has 19 heavy (non-hydrogen) atoms. The van der Waals surface area contributed by atoms with Crippen LogP contribution in [0.15, 0.2) is 63.7 Å². The Bertz CT molecular complexity index is 726. The smallest absolute Gasteiger partial charge is 0.219 e. The molecule has 4 heteroatoms. The first-order chi connectivity index (χ1) is 9.20. The highest BCUT2D eigenvalue weighted by molar-refractivity contribution is 9.10. The number of benzene rings is 2. The summed E-state index contributed by atoms with van der Waals surface area (Å²) in [5, 5.41) is 2.31. The van der Waals surface area contributed by atoms with Crippen molar-refractivity contribution in [1.29, 1.82) is 0 Å². The van der Waals surface area contributed by atoms with Crippen molar-refractivity contribution in [3.8, 4) is 11.6 Å². The minimum atomic E-state index is 0.583. The van der Waals surface area contributed by atoms with Gasteiger partial charge in [-0.05, 0) is 57.0 Å². The molecule has 0 atom stereocenters. The lowest BCUT2D eigenvalue weighted by Crippen LogP contribution is -1.87. The summed E-state index contributed by atoms with van der Waals surface area (Å²) in [5.41, 5.74) is 0. The maximum absolute atomic E-state index is 5.73. The Morgan fingerprint density at radius 2 is 1.53 bits per heavy atom. The van der Waals surface area contributed by atoms with Crippen molar-refractivity contribution in [3.05, 3.63) is 63.7 Å². The lowest BCUT2D eigenvalue weighted by atomic mass is 10.1. The van der Waals surface area contributed by atoms with E-state index in [0.717, 1.165) is 20.1 Å². The maximum atomic E-state index is 5.73. The Morgan fingerprint density at radius 3 is 2.32 bits per heavy atom. The van der Waals surface area contributed by atoms with Crippen LogP contribution in [0, 0.1) is 0 Å². The van der Waals surface area contributed by atoms with Crippen LogP contribution in [-0.2, 0) is 0 Å². The van der Waals surface area contributed by atoms with Crippen LogP contribution < -0.4 is 4.74 Å². The zero-order valence-electron chi connectivity index (χ0n) is 9.81. The van der Waals surface area contributed by atoms with Gasteiger partial charge in [0.15, 0.2) is 0 Å². The van der Waals surface area contributed by atoms with Gasteiger partial charge in [-0.2, -0.15) is 0 Å². The summed E-state index contributed by atoms with van der Waals surface area (Å²) in [5.74, 6) is 1.37. The van der Waals surface area contributed by atoms with Crippen LogP contribution >= 0.6 is 31.9 Å². The van der Waals surface area contributed by atoms with E-state index in [9.17, 15) is 0 Å². The summed E-state index contributed by atoms with van der Waals surface area (Å²) >= 11 is 6.81. The molecule has 0 bridgehead atoms. The van der Waals surface area contributed by atoms with E-state index in [1.807, 2.05) is 36.4 Å². The second-order valence-electron chi connectivity index (χ2n) is 4.07. The van der Waals surface area contributed by atoms with E-state index in [0.29, 0.717) is 5.88 Å². The lowest BCUT2D eigenvalue weighted by molar-refractivity contribution is 0.463. The van der Waals surface area contributed by atoms with Gasteiger partial charge in [0.05, 0.1) is 0 Å². The molecule has 1 aromatic heterocycles. The van der Waals surface area contributed by atoms with Gasteiger partial charge in [-0.25, -0.2) is 4.98 Å². The molecule has 0 spiro atoms. The molecular formula is C15H9Br2NO. The first-order valence-electron chi connectivity index (χ1n) is 5.69. The van der Waals surface area contributed by atoms with E-state index >= 15 is 0 Å². The Kier molecular flexibility index (Phi) is 3.53. The van der Waals surface area contributed by atoms with Crippen molar-refractivity contribution < 1.29 is 4.74 Å². The molecule has 3 rings (SSSR count). The molecule has 0 N–H and O–H groups in total. The van der Waals surface area contributed by atoms with E-state index in [1.54, 1.807) is 6.20 Å². The van der Waals surface area contributed by atoms with E-state index in [2.05, 4.69) is 49.0 Å². The quantitative estimate of drug-likeness (QED) is 0.583. The first kappa shape index (κ1) is 12.6. The van der Waals surface area contributed by atoms with Crippen molar-refractivity contribution in [2.75, 3.05) is 0 Å². The molecule has 0 saturated heterocycles. The number of hydrogen-bond donors (Lipinski definition) is 0. The third-order valence-corrected chi connectivity index (χ3v) is 3.66. The molecule has 0 aliphatic heterocycles. The molecule has 0 aliphatic carbocycles. The van der Waals surface area contributed by atoms with Gasteiger partial charge in [0, 0.05) is 21.2 Å². The van der Waals surface area contributed by atoms with Crippen molar-refractivity contribution >= 4 is 42.6 Å². The maximum Gasteiger partial charge on any atom is 0.219 e. The summed E-state index contributed by atoms with van der Waals surface area (Å²) in [6.07, 6.45) is 1.72. The molecule has 2 aromatic carbocycles. The van der Waals surface area contributed by atoms with Gasteiger partial charge < -0.3 is 4.74 Å². The molecular weight excluding hydrogens is 370 g/mol. The number of halogens is 2. The van der Waals surface area contributed by atoms with Crippen molar-refractivity contribution in [3.63, 3.8) is 0 Å². The SMILES string of the molecule is Brc1ccc(Oc2ccc3cc(Br)ccc3c2)nc1. The number of ether oxygens (including phenoxy) is 1. The number of fused-ring (bicyclic) bond motifs is 1. The van der Waals surface area contributed by atoms with Gasteiger partial charge in [0.1, 0.15) is 5.75 Å². The number of aromatic nitrogens is 1. The summed E-state index contributed by atoms with van der Waals surface area (Å²) in [4.78, 5) is 4.19.